The van der Waals surface area contributed by atoms with Crippen LogP contribution in [-0.2, 0) is 0 Å². The fraction of sp³-hybridized carbons (Fsp3) is 0.533. The van der Waals surface area contributed by atoms with Crippen molar-refractivity contribution >= 4 is 38.0 Å². The Morgan fingerprint density at radius 2 is 1.76 bits per heavy atom. The van der Waals surface area contributed by atoms with Crippen LogP contribution in [0.1, 0.15) is 33.6 Å². The lowest BCUT2D eigenvalue weighted by Crippen LogP contribution is -2.45. The van der Waals surface area contributed by atoms with Crippen LogP contribution >= 0.6 is 31.9 Å². The van der Waals surface area contributed by atoms with Crippen molar-refractivity contribution in [3.05, 3.63) is 27.1 Å². The van der Waals surface area contributed by atoms with Gasteiger partial charge in [0.1, 0.15) is 5.75 Å². The fourth-order valence-electron chi connectivity index (χ4n) is 1.89. The highest BCUT2D eigenvalue weighted by Gasteiger charge is 2.25. The van der Waals surface area contributed by atoms with Crippen molar-refractivity contribution in [2.75, 3.05) is 13.2 Å². The number of halogens is 2. The minimum atomic E-state index is -0.876. The molecule has 1 N–H and O–H groups in total. The number of nitrogens with zero attached hydrogens (tertiary/aromatic N) is 1. The lowest BCUT2D eigenvalue weighted by Gasteiger charge is -2.33. The third kappa shape index (κ3) is 6.70. The van der Waals surface area contributed by atoms with Gasteiger partial charge in [0.25, 0.3) is 0 Å². The maximum Gasteiger partial charge on any atom is 0.407 e. The molecule has 4 nitrogen and oxygen atoms in total. The molecule has 0 aromatic heterocycles. The highest BCUT2D eigenvalue weighted by atomic mass is 79.9. The van der Waals surface area contributed by atoms with Crippen LogP contribution in [0.5, 0.6) is 5.75 Å². The highest BCUT2D eigenvalue weighted by molar-refractivity contribution is 9.11. The van der Waals surface area contributed by atoms with Gasteiger partial charge in [-0.05, 0) is 51.8 Å². The van der Waals surface area contributed by atoms with Crippen LogP contribution in [0.25, 0.3) is 0 Å². The van der Waals surface area contributed by atoms with E-state index in [4.69, 9.17) is 4.74 Å². The molecule has 21 heavy (non-hydrogen) atoms. The molecule has 0 aliphatic rings. The van der Waals surface area contributed by atoms with Crippen LogP contribution in [0.4, 0.5) is 4.79 Å². The number of hydrogen-bond acceptors (Lipinski definition) is 2. The molecule has 0 bridgehead atoms. The number of benzene rings is 1. The summed E-state index contributed by atoms with van der Waals surface area (Å²) in [7, 11) is 0. The first kappa shape index (κ1) is 18.3. The van der Waals surface area contributed by atoms with E-state index < -0.39 is 6.09 Å². The third-order valence-corrected chi connectivity index (χ3v) is 3.84. The molecule has 0 spiro atoms. The summed E-state index contributed by atoms with van der Waals surface area (Å²) in [6.07, 6.45) is 0.710. The molecular weight excluding hydrogens is 402 g/mol. The molecule has 0 fully saturated rings. The summed E-state index contributed by atoms with van der Waals surface area (Å²) in [6.45, 7) is 6.79. The van der Waals surface area contributed by atoms with Crippen molar-refractivity contribution in [1.29, 1.82) is 0 Å². The van der Waals surface area contributed by atoms with E-state index in [-0.39, 0.29) is 5.54 Å². The molecule has 0 saturated heterocycles. The Balaban J connectivity index is 2.35. The zero-order chi connectivity index (χ0) is 16.0. The van der Waals surface area contributed by atoms with Crippen LogP contribution in [0.2, 0.25) is 0 Å². The molecule has 118 valence electrons. The topological polar surface area (TPSA) is 49.8 Å². The molecule has 0 atom stereocenters. The van der Waals surface area contributed by atoms with Crippen molar-refractivity contribution in [2.45, 2.75) is 39.2 Å². The zero-order valence-corrected chi connectivity index (χ0v) is 15.7. The van der Waals surface area contributed by atoms with Gasteiger partial charge in [-0.1, -0.05) is 31.9 Å². The Kier molecular flexibility index (Phi) is 7.00. The number of carbonyl (C=O) groups is 1. The Labute approximate surface area is 142 Å². The second-order valence-electron chi connectivity index (χ2n) is 5.77. The lowest BCUT2D eigenvalue weighted by molar-refractivity contribution is 0.0980. The lowest BCUT2D eigenvalue weighted by atomic mass is 10.1. The van der Waals surface area contributed by atoms with Crippen molar-refractivity contribution in [2.24, 2.45) is 0 Å². The Morgan fingerprint density at radius 1 is 1.19 bits per heavy atom. The van der Waals surface area contributed by atoms with Gasteiger partial charge < -0.3 is 14.7 Å². The van der Waals surface area contributed by atoms with E-state index in [2.05, 4.69) is 31.9 Å². The fourth-order valence-corrected chi connectivity index (χ4v) is 3.14. The van der Waals surface area contributed by atoms with Gasteiger partial charge in [-0.15, -0.1) is 0 Å². The molecular formula is C15H21Br2NO3. The normalized spacial score (nSPS) is 11.3. The molecule has 0 aliphatic carbocycles. The Morgan fingerprint density at radius 3 is 2.24 bits per heavy atom. The van der Waals surface area contributed by atoms with Crippen molar-refractivity contribution < 1.29 is 14.6 Å². The molecule has 1 amide bonds. The summed E-state index contributed by atoms with van der Waals surface area (Å²) in [5.74, 6) is 0.794. The van der Waals surface area contributed by atoms with Gasteiger partial charge in [0, 0.05) is 21.0 Å². The molecule has 6 heteroatoms. The molecule has 1 aromatic rings. The van der Waals surface area contributed by atoms with E-state index in [1.54, 1.807) is 0 Å². The van der Waals surface area contributed by atoms with Crippen molar-refractivity contribution in [3.63, 3.8) is 0 Å². The third-order valence-electron chi connectivity index (χ3n) is 2.92. The molecule has 0 saturated carbocycles. The van der Waals surface area contributed by atoms with Gasteiger partial charge in [0.05, 0.1) is 6.61 Å². The average molecular weight is 423 g/mol. The highest BCUT2D eigenvalue weighted by Crippen LogP contribution is 2.25. The Hall–Kier alpha value is -0.750. The first-order valence-corrected chi connectivity index (χ1v) is 8.38. The summed E-state index contributed by atoms with van der Waals surface area (Å²) < 4.78 is 7.58. The summed E-state index contributed by atoms with van der Waals surface area (Å²) in [4.78, 5) is 12.7. The molecule has 0 aliphatic heterocycles. The summed E-state index contributed by atoms with van der Waals surface area (Å²) in [5, 5.41) is 9.19. The van der Waals surface area contributed by atoms with Gasteiger partial charge >= 0.3 is 6.09 Å². The summed E-state index contributed by atoms with van der Waals surface area (Å²) >= 11 is 6.82. The first-order chi connectivity index (χ1) is 9.70. The summed E-state index contributed by atoms with van der Waals surface area (Å²) in [6, 6.07) is 5.76. The largest absolute Gasteiger partial charge is 0.494 e. The van der Waals surface area contributed by atoms with Gasteiger partial charge in [0.2, 0.25) is 0 Å². The maximum absolute atomic E-state index is 11.2. The van der Waals surface area contributed by atoms with Crippen LogP contribution < -0.4 is 4.74 Å². The second kappa shape index (κ2) is 8.03. The molecule has 1 rings (SSSR count). The number of amides is 1. The smallest absolute Gasteiger partial charge is 0.407 e. The number of ether oxygens (including phenoxy) is 1. The van der Waals surface area contributed by atoms with Crippen LogP contribution in [0.15, 0.2) is 27.1 Å². The van der Waals surface area contributed by atoms with Crippen LogP contribution in [-0.4, -0.2) is 34.8 Å². The molecule has 0 heterocycles. The van der Waals surface area contributed by atoms with E-state index in [9.17, 15) is 9.90 Å². The van der Waals surface area contributed by atoms with E-state index in [1.165, 1.54) is 4.90 Å². The zero-order valence-electron chi connectivity index (χ0n) is 12.5. The van der Waals surface area contributed by atoms with Crippen molar-refractivity contribution in [3.8, 4) is 5.75 Å². The van der Waals surface area contributed by atoms with Gasteiger partial charge in [-0.3, -0.25) is 0 Å². The van der Waals surface area contributed by atoms with Crippen LogP contribution in [0, 0.1) is 0 Å². The van der Waals surface area contributed by atoms with Gasteiger partial charge in [0.15, 0.2) is 0 Å². The average Bonchev–Trinajstić information content (AvgIpc) is 2.30. The molecule has 0 radical (unpaired) electrons. The van der Waals surface area contributed by atoms with Gasteiger partial charge in [-0.25, -0.2) is 4.79 Å². The summed E-state index contributed by atoms with van der Waals surface area (Å²) in [5.41, 5.74) is -0.373. The predicted octanol–water partition coefficient (Wildman–Crippen LogP) is 5.15. The van der Waals surface area contributed by atoms with Crippen molar-refractivity contribution in [1.82, 2.24) is 4.90 Å². The standard InChI is InChI=1S/C15H21Br2NO3/c1-15(2,3)18(14(19)20)6-4-5-7-21-13-9-11(16)8-12(17)10-13/h8-10H,4-7H2,1-3H3,(H,19,20). The number of rotatable bonds is 6. The minimum Gasteiger partial charge on any atom is -0.494 e. The van der Waals surface area contributed by atoms with Gasteiger partial charge in [-0.2, -0.15) is 0 Å². The Bertz CT molecular complexity index is 466. The minimum absolute atomic E-state index is 0.373. The van der Waals surface area contributed by atoms with E-state index in [0.29, 0.717) is 13.2 Å². The van der Waals surface area contributed by atoms with E-state index in [0.717, 1.165) is 27.5 Å². The number of hydrogen-bond donors (Lipinski definition) is 1. The number of carboxylic acid groups (broad SMARTS) is 1. The van der Waals surface area contributed by atoms with E-state index >= 15 is 0 Å². The first-order valence-electron chi connectivity index (χ1n) is 6.79. The molecule has 0 unspecified atom stereocenters. The molecule has 1 aromatic carbocycles. The number of unbranched alkanes of at least 4 members (excludes halogenated alkanes) is 1. The van der Waals surface area contributed by atoms with E-state index in [1.807, 2.05) is 39.0 Å². The monoisotopic (exact) mass is 421 g/mol. The second-order valence-corrected chi connectivity index (χ2v) is 7.60. The maximum atomic E-state index is 11.2. The van der Waals surface area contributed by atoms with Crippen LogP contribution in [0.3, 0.4) is 0 Å². The SMILES string of the molecule is CC(C)(C)N(CCCCOc1cc(Br)cc(Br)c1)C(=O)O. The quantitative estimate of drug-likeness (QED) is 0.645. The predicted molar refractivity (Wildman–Crippen MR) is 91.1 cm³/mol.